The highest BCUT2D eigenvalue weighted by molar-refractivity contribution is 5.76. The molecular weight excluding hydrogens is 803 g/mol. The van der Waals surface area contributed by atoms with Gasteiger partial charge in [0.2, 0.25) is 5.91 Å². The Balaban J connectivity index is 3.49. The maximum Gasteiger partial charge on any atom is 0.305 e. The van der Waals surface area contributed by atoms with Crippen molar-refractivity contribution in [3.63, 3.8) is 0 Å². The number of hydrogen-bond acceptors (Lipinski definition) is 5. The van der Waals surface area contributed by atoms with Crippen molar-refractivity contribution in [3.05, 3.63) is 48.6 Å². The van der Waals surface area contributed by atoms with Gasteiger partial charge >= 0.3 is 5.97 Å². The fourth-order valence-corrected chi connectivity index (χ4v) is 8.41. The summed E-state index contributed by atoms with van der Waals surface area (Å²) >= 11 is 0. The van der Waals surface area contributed by atoms with Crippen LogP contribution in [-0.2, 0) is 14.3 Å². The van der Waals surface area contributed by atoms with E-state index in [4.69, 9.17) is 4.74 Å². The predicted molar refractivity (Wildman–Crippen MR) is 282 cm³/mol. The summed E-state index contributed by atoms with van der Waals surface area (Å²) in [5.74, 6) is -0.0843. The molecule has 0 aliphatic rings. The van der Waals surface area contributed by atoms with Crippen molar-refractivity contribution in [2.45, 2.75) is 302 Å². The second-order valence-electron chi connectivity index (χ2n) is 19.3. The van der Waals surface area contributed by atoms with Crippen LogP contribution < -0.4 is 5.32 Å². The molecule has 2 atom stereocenters. The van der Waals surface area contributed by atoms with Crippen molar-refractivity contribution < 1.29 is 24.5 Å². The van der Waals surface area contributed by atoms with Crippen molar-refractivity contribution >= 4 is 11.9 Å². The molecule has 0 saturated carbocycles. The van der Waals surface area contributed by atoms with E-state index in [0.717, 1.165) is 64.2 Å². The van der Waals surface area contributed by atoms with Gasteiger partial charge in [-0.1, -0.05) is 242 Å². The lowest BCUT2D eigenvalue weighted by Crippen LogP contribution is -2.45. The molecule has 6 nitrogen and oxygen atoms in total. The minimum atomic E-state index is -0.851. The third kappa shape index (κ3) is 51.1. The normalized spacial score (nSPS) is 13.0. The fraction of sp³-hybridized carbons (Fsp3) is 0.831. The Bertz CT molecular complexity index is 1100. The first-order chi connectivity index (χ1) is 32.0. The van der Waals surface area contributed by atoms with Crippen molar-refractivity contribution in [2.24, 2.45) is 0 Å². The highest BCUT2D eigenvalue weighted by Crippen LogP contribution is 2.15. The third-order valence-corrected chi connectivity index (χ3v) is 12.8. The average Bonchev–Trinajstić information content (AvgIpc) is 3.31. The molecule has 0 aromatic heterocycles. The molecule has 0 rings (SSSR count). The van der Waals surface area contributed by atoms with Gasteiger partial charge in [-0.15, -0.1) is 0 Å². The molecule has 380 valence electrons. The molecule has 3 N–H and O–H groups in total. The molecule has 0 spiro atoms. The summed E-state index contributed by atoms with van der Waals surface area (Å²) in [5.41, 5.74) is 0. The Labute approximate surface area is 404 Å². The molecule has 0 bridgehead atoms. The maximum atomic E-state index is 12.4. The number of unbranched alkanes of at least 4 members (excludes halogenated alkanes) is 35. The van der Waals surface area contributed by atoms with Crippen molar-refractivity contribution in [3.8, 4) is 0 Å². The molecule has 6 heteroatoms. The van der Waals surface area contributed by atoms with Gasteiger partial charge in [0.25, 0.3) is 0 Å². The van der Waals surface area contributed by atoms with Crippen molar-refractivity contribution in [1.82, 2.24) is 5.32 Å². The summed E-state index contributed by atoms with van der Waals surface area (Å²) in [6.45, 7) is 4.85. The van der Waals surface area contributed by atoms with E-state index in [1.807, 2.05) is 6.08 Å². The second-order valence-corrected chi connectivity index (χ2v) is 19.3. The second kappa shape index (κ2) is 54.4. The molecular formula is C59H109NO5. The van der Waals surface area contributed by atoms with Gasteiger partial charge in [0, 0.05) is 12.8 Å². The molecule has 0 aromatic rings. The zero-order chi connectivity index (χ0) is 47.2. The molecule has 65 heavy (non-hydrogen) atoms. The lowest BCUT2D eigenvalue weighted by molar-refractivity contribution is -0.143. The van der Waals surface area contributed by atoms with Gasteiger partial charge in [-0.3, -0.25) is 9.59 Å². The minimum Gasteiger partial charge on any atom is -0.466 e. The summed E-state index contributed by atoms with van der Waals surface area (Å²) in [6, 6.07) is -0.635. The zero-order valence-electron chi connectivity index (χ0n) is 43.2. The van der Waals surface area contributed by atoms with Gasteiger partial charge in [0.1, 0.15) is 0 Å². The molecule has 0 heterocycles. The largest absolute Gasteiger partial charge is 0.466 e. The predicted octanol–water partition coefficient (Wildman–Crippen LogP) is 17.4. The molecule has 0 aromatic carbocycles. The number of allylic oxidation sites excluding steroid dienone is 7. The SMILES string of the molecule is CCCC/C=C\CCCCCCCC(=O)OCCCCCCCCCCC/C=C\C/C=C\CCCCCCCCCC(=O)NC(CO)C(O)/C=C/CCCCCCCCCCCCCC. The minimum absolute atomic E-state index is 0.00531. The van der Waals surface area contributed by atoms with E-state index < -0.39 is 12.1 Å². The summed E-state index contributed by atoms with van der Waals surface area (Å²) in [6.07, 6.45) is 68.5. The number of amides is 1. The number of ether oxygens (including phenoxy) is 1. The van der Waals surface area contributed by atoms with Crippen LogP contribution in [0.4, 0.5) is 0 Å². The quantitative estimate of drug-likeness (QED) is 0.0321. The molecule has 0 saturated heterocycles. The maximum absolute atomic E-state index is 12.4. The highest BCUT2D eigenvalue weighted by atomic mass is 16.5. The first-order valence-electron chi connectivity index (χ1n) is 28.4. The highest BCUT2D eigenvalue weighted by Gasteiger charge is 2.18. The number of carbonyl (C=O) groups excluding carboxylic acids is 2. The molecule has 0 fully saturated rings. The number of rotatable bonds is 52. The van der Waals surface area contributed by atoms with Crippen LogP contribution in [0.15, 0.2) is 48.6 Å². The third-order valence-electron chi connectivity index (χ3n) is 12.8. The van der Waals surface area contributed by atoms with Crippen LogP contribution in [0.25, 0.3) is 0 Å². The first kappa shape index (κ1) is 62.8. The smallest absolute Gasteiger partial charge is 0.305 e. The topological polar surface area (TPSA) is 95.9 Å². The summed E-state index contributed by atoms with van der Waals surface area (Å²) in [5, 5.41) is 23.1. The number of aliphatic hydroxyl groups excluding tert-OH is 2. The molecule has 0 aliphatic carbocycles. The number of nitrogens with one attached hydrogen (secondary N) is 1. The van der Waals surface area contributed by atoms with Crippen LogP contribution >= 0.6 is 0 Å². The Hall–Kier alpha value is -2.18. The van der Waals surface area contributed by atoms with Gasteiger partial charge in [0.15, 0.2) is 0 Å². The summed E-state index contributed by atoms with van der Waals surface area (Å²) in [4.78, 5) is 24.4. The average molecular weight is 913 g/mol. The Kier molecular flexibility index (Phi) is 52.6. The summed E-state index contributed by atoms with van der Waals surface area (Å²) in [7, 11) is 0. The Morgan fingerprint density at radius 3 is 1.23 bits per heavy atom. The van der Waals surface area contributed by atoms with Crippen LogP contribution in [0, 0.1) is 0 Å². The van der Waals surface area contributed by atoms with Crippen molar-refractivity contribution in [2.75, 3.05) is 13.2 Å². The van der Waals surface area contributed by atoms with Gasteiger partial charge in [0.05, 0.1) is 25.4 Å². The van der Waals surface area contributed by atoms with Crippen LogP contribution in [0.3, 0.4) is 0 Å². The van der Waals surface area contributed by atoms with Crippen LogP contribution in [0.2, 0.25) is 0 Å². The van der Waals surface area contributed by atoms with Crippen LogP contribution in [0.1, 0.15) is 290 Å². The van der Waals surface area contributed by atoms with E-state index in [1.165, 1.54) is 199 Å². The van der Waals surface area contributed by atoms with E-state index in [-0.39, 0.29) is 18.5 Å². The number of esters is 1. The number of carbonyl (C=O) groups is 2. The lowest BCUT2D eigenvalue weighted by atomic mass is 10.0. The molecule has 1 amide bonds. The van der Waals surface area contributed by atoms with Gasteiger partial charge in [-0.2, -0.15) is 0 Å². The van der Waals surface area contributed by atoms with Gasteiger partial charge < -0.3 is 20.3 Å². The molecule has 0 aliphatic heterocycles. The van der Waals surface area contributed by atoms with E-state index in [0.29, 0.717) is 19.4 Å². The van der Waals surface area contributed by atoms with E-state index in [2.05, 4.69) is 55.6 Å². The van der Waals surface area contributed by atoms with E-state index in [1.54, 1.807) is 6.08 Å². The lowest BCUT2D eigenvalue weighted by Gasteiger charge is -2.20. The van der Waals surface area contributed by atoms with E-state index >= 15 is 0 Å². The van der Waals surface area contributed by atoms with Gasteiger partial charge in [-0.25, -0.2) is 0 Å². The van der Waals surface area contributed by atoms with Gasteiger partial charge in [-0.05, 0) is 83.5 Å². The first-order valence-corrected chi connectivity index (χ1v) is 28.4. The number of aliphatic hydroxyl groups is 2. The Morgan fingerprint density at radius 1 is 0.431 bits per heavy atom. The Morgan fingerprint density at radius 2 is 0.785 bits per heavy atom. The molecule has 0 radical (unpaired) electrons. The van der Waals surface area contributed by atoms with Crippen LogP contribution in [0.5, 0.6) is 0 Å². The monoisotopic (exact) mass is 912 g/mol. The zero-order valence-corrected chi connectivity index (χ0v) is 43.2. The van der Waals surface area contributed by atoms with E-state index in [9.17, 15) is 19.8 Å². The summed E-state index contributed by atoms with van der Waals surface area (Å²) < 4.78 is 5.45. The molecule has 2 unspecified atom stereocenters. The number of hydrogen-bond donors (Lipinski definition) is 3. The van der Waals surface area contributed by atoms with Crippen LogP contribution in [-0.4, -0.2) is 47.4 Å². The van der Waals surface area contributed by atoms with Crippen molar-refractivity contribution in [1.29, 1.82) is 0 Å². The standard InChI is InChI=1S/C59H109NO5/c1-3-5-7-9-11-13-15-16-28-32-35-39-43-47-51-57(62)56(55-61)60-58(63)52-48-44-40-36-33-29-26-24-22-20-18-17-19-21-23-25-27-30-34-38-42-46-50-54-65-59(64)53-49-45-41-37-31-14-12-10-8-6-4-2/h10,12,17,19-20,22,47,51,56-57,61-62H,3-9,11,13-16,18,21,23-46,48-50,52-55H2,1-2H3,(H,60,63)/b12-10-,19-17-,22-20-,51-47+. The fourth-order valence-electron chi connectivity index (χ4n) is 8.41.